The fraction of sp³-hybridized carbons (Fsp3) is 1.00. The number of rotatable bonds is 2. The Morgan fingerprint density at radius 1 is 1.06 bits per heavy atom. The lowest BCUT2D eigenvalue weighted by atomic mass is 9.89. The maximum absolute atomic E-state index is 10.5. The maximum atomic E-state index is 10.5. The molecule has 1 N–H and O–H groups in total. The van der Waals surface area contributed by atoms with E-state index in [1.54, 1.807) is 0 Å². The van der Waals surface area contributed by atoms with Gasteiger partial charge in [0.15, 0.2) is 0 Å². The van der Waals surface area contributed by atoms with Gasteiger partial charge in [0.05, 0.1) is 5.60 Å². The number of hydrogen-bond acceptors (Lipinski definition) is 3. The van der Waals surface area contributed by atoms with Crippen LogP contribution in [0.1, 0.15) is 46.5 Å². The predicted octanol–water partition coefficient (Wildman–Crippen LogP) is 2.20. The minimum absolute atomic E-state index is 0.410. The molecule has 0 aromatic heterocycles. The second-order valence-corrected chi connectivity index (χ2v) is 5.99. The van der Waals surface area contributed by atoms with Crippen LogP contribution in [0.15, 0.2) is 0 Å². The van der Waals surface area contributed by atoms with Crippen molar-refractivity contribution in [1.29, 1.82) is 0 Å². The quantitative estimate of drug-likeness (QED) is 0.820. The third-order valence-corrected chi connectivity index (χ3v) is 4.31. The van der Waals surface area contributed by atoms with Crippen LogP contribution in [0.3, 0.4) is 0 Å². The topological polar surface area (TPSA) is 26.7 Å². The van der Waals surface area contributed by atoms with Crippen molar-refractivity contribution in [3.05, 3.63) is 0 Å². The standard InChI is InChI=1S/C13H26N2O.C2H6/c1-12-3-7-15(8-4-12)11-13(16)5-9-14(2)10-6-13;1-2/h12,16H,3-11H2,1-2H3;1-2H3. The van der Waals surface area contributed by atoms with Gasteiger partial charge < -0.3 is 14.9 Å². The summed E-state index contributed by atoms with van der Waals surface area (Å²) in [4.78, 5) is 4.78. The zero-order chi connectivity index (χ0) is 13.6. The second-order valence-electron chi connectivity index (χ2n) is 5.99. The average molecular weight is 256 g/mol. The molecule has 108 valence electrons. The molecule has 18 heavy (non-hydrogen) atoms. The van der Waals surface area contributed by atoms with Gasteiger partial charge in [-0.25, -0.2) is 0 Å². The molecule has 0 aliphatic carbocycles. The highest BCUT2D eigenvalue weighted by Gasteiger charge is 2.33. The molecule has 2 aliphatic rings. The van der Waals surface area contributed by atoms with Gasteiger partial charge in [0.1, 0.15) is 0 Å². The molecule has 0 saturated carbocycles. The summed E-state index contributed by atoms with van der Waals surface area (Å²) in [5, 5.41) is 10.5. The van der Waals surface area contributed by atoms with Crippen molar-refractivity contribution < 1.29 is 5.11 Å². The molecule has 0 atom stereocenters. The van der Waals surface area contributed by atoms with Gasteiger partial charge in [-0.1, -0.05) is 20.8 Å². The largest absolute Gasteiger partial charge is 0.388 e. The molecular weight excluding hydrogens is 224 g/mol. The van der Waals surface area contributed by atoms with E-state index in [-0.39, 0.29) is 0 Å². The second kappa shape index (κ2) is 7.46. The van der Waals surface area contributed by atoms with E-state index in [0.29, 0.717) is 0 Å². The molecule has 2 aliphatic heterocycles. The summed E-state index contributed by atoms with van der Waals surface area (Å²) in [5.74, 6) is 0.878. The molecule has 0 aromatic rings. The molecular formula is C15H32N2O. The van der Waals surface area contributed by atoms with Crippen LogP contribution < -0.4 is 0 Å². The van der Waals surface area contributed by atoms with Crippen molar-refractivity contribution in [2.75, 3.05) is 39.8 Å². The molecule has 2 heterocycles. The molecule has 0 amide bonds. The Balaban J connectivity index is 0.000000771. The van der Waals surface area contributed by atoms with E-state index in [1.807, 2.05) is 13.8 Å². The first-order valence-corrected chi connectivity index (χ1v) is 7.71. The van der Waals surface area contributed by atoms with E-state index in [0.717, 1.165) is 38.4 Å². The molecule has 0 radical (unpaired) electrons. The Kier molecular flexibility index (Phi) is 6.61. The van der Waals surface area contributed by atoms with E-state index < -0.39 is 5.60 Å². The van der Waals surface area contributed by atoms with Gasteiger partial charge >= 0.3 is 0 Å². The first kappa shape index (κ1) is 15.9. The Morgan fingerprint density at radius 3 is 2.06 bits per heavy atom. The van der Waals surface area contributed by atoms with Crippen LogP contribution in [0, 0.1) is 5.92 Å². The zero-order valence-corrected chi connectivity index (χ0v) is 12.8. The van der Waals surface area contributed by atoms with E-state index in [4.69, 9.17) is 0 Å². The average Bonchev–Trinajstić information content (AvgIpc) is 2.39. The first-order valence-electron chi connectivity index (χ1n) is 7.71. The third kappa shape index (κ3) is 4.87. The van der Waals surface area contributed by atoms with Gasteiger partial charge in [0.25, 0.3) is 0 Å². The lowest BCUT2D eigenvalue weighted by Gasteiger charge is -2.41. The fourth-order valence-corrected chi connectivity index (χ4v) is 2.83. The van der Waals surface area contributed by atoms with E-state index in [2.05, 4.69) is 23.8 Å². The van der Waals surface area contributed by atoms with Gasteiger partial charge in [0.2, 0.25) is 0 Å². The van der Waals surface area contributed by atoms with Crippen LogP contribution in [0.25, 0.3) is 0 Å². The SMILES string of the molecule is CC.CC1CCN(CC2(O)CCN(C)CC2)CC1. The van der Waals surface area contributed by atoms with Gasteiger partial charge in [-0.05, 0) is 51.7 Å². The number of aliphatic hydroxyl groups is 1. The van der Waals surface area contributed by atoms with Crippen molar-refractivity contribution >= 4 is 0 Å². The lowest BCUT2D eigenvalue weighted by Crippen LogP contribution is -2.51. The van der Waals surface area contributed by atoms with Crippen LogP contribution in [-0.4, -0.2) is 60.3 Å². The Bertz CT molecular complexity index is 217. The highest BCUT2D eigenvalue weighted by Crippen LogP contribution is 2.25. The van der Waals surface area contributed by atoms with Crippen molar-refractivity contribution in [2.45, 2.75) is 52.1 Å². The summed E-state index contributed by atoms with van der Waals surface area (Å²) in [7, 11) is 2.14. The summed E-state index contributed by atoms with van der Waals surface area (Å²) < 4.78 is 0. The number of likely N-dealkylation sites (tertiary alicyclic amines) is 2. The summed E-state index contributed by atoms with van der Waals surface area (Å²) in [6.07, 6.45) is 4.48. The minimum atomic E-state index is -0.410. The van der Waals surface area contributed by atoms with Gasteiger partial charge in [0, 0.05) is 19.6 Å². The molecule has 0 bridgehead atoms. The highest BCUT2D eigenvalue weighted by atomic mass is 16.3. The Morgan fingerprint density at radius 2 is 1.56 bits per heavy atom. The number of β-amino-alcohol motifs (C(OH)–C–C–N with tert-alkyl or cyclic N) is 1. The van der Waals surface area contributed by atoms with E-state index in [1.165, 1.54) is 25.9 Å². The molecule has 0 unspecified atom stereocenters. The Labute approximate surface area is 113 Å². The van der Waals surface area contributed by atoms with Crippen molar-refractivity contribution in [2.24, 2.45) is 5.92 Å². The summed E-state index contributed by atoms with van der Waals surface area (Å²) in [5.41, 5.74) is -0.410. The fourth-order valence-electron chi connectivity index (χ4n) is 2.83. The van der Waals surface area contributed by atoms with Crippen LogP contribution in [0.5, 0.6) is 0 Å². The van der Waals surface area contributed by atoms with Crippen molar-refractivity contribution in [1.82, 2.24) is 9.80 Å². The van der Waals surface area contributed by atoms with E-state index in [9.17, 15) is 5.11 Å². The molecule has 2 fully saturated rings. The summed E-state index contributed by atoms with van der Waals surface area (Å²) in [6.45, 7) is 11.7. The maximum Gasteiger partial charge on any atom is 0.0798 e. The van der Waals surface area contributed by atoms with Gasteiger partial charge in [-0.2, -0.15) is 0 Å². The molecule has 2 rings (SSSR count). The van der Waals surface area contributed by atoms with Crippen LogP contribution >= 0.6 is 0 Å². The van der Waals surface area contributed by atoms with Crippen molar-refractivity contribution in [3.8, 4) is 0 Å². The highest BCUT2D eigenvalue weighted by molar-refractivity contribution is 4.88. The predicted molar refractivity (Wildman–Crippen MR) is 77.9 cm³/mol. The van der Waals surface area contributed by atoms with Crippen LogP contribution in [0.4, 0.5) is 0 Å². The monoisotopic (exact) mass is 256 g/mol. The first-order chi connectivity index (χ1) is 8.57. The van der Waals surface area contributed by atoms with Gasteiger partial charge in [-0.15, -0.1) is 0 Å². The molecule has 0 spiro atoms. The third-order valence-electron chi connectivity index (χ3n) is 4.31. The molecule has 2 saturated heterocycles. The normalized spacial score (nSPS) is 26.5. The molecule has 0 aromatic carbocycles. The minimum Gasteiger partial charge on any atom is -0.388 e. The summed E-state index contributed by atoms with van der Waals surface area (Å²) in [6, 6.07) is 0. The van der Waals surface area contributed by atoms with Gasteiger partial charge in [-0.3, -0.25) is 0 Å². The smallest absolute Gasteiger partial charge is 0.0798 e. The van der Waals surface area contributed by atoms with Crippen LogP contribution in [0.2, 0.25) is 0 Å². The van der Waals surface area contributed by atoms with Crippen LogP contribution in [-0.2, 0) is 0 Å². The Hall–Kier alpha value is -0.120. The summed E-state index contributed by atoms with van der Waals surface area (Å²) >= 11 is 0. The number of piperidine rings is 2. The van der Waals surface area contributed by atoms with E-state index >= 15 is 0 Å². The molecule has 3 heteroatoms. The number of nitrogens with zero attached hydrogens (tertiary/aromatic N) is 2. The number of hydrogen-bond donors (Lipinski definition) is 1. The zero-order valence-electron chi connectivity index (χ0n) is 12.8. The lowest BCUT2D eigenvalue weighted by molar-refractivity contribution is -0.0460. The van der Waals surface area contributed by atoms with Crippen molar-refractivity contribution in [3.63, 3.8) is 0 Å². The molecule has 3 nitrogen and oxygen atoms in total.